The third-order valence-corrected chi connectivity index (χ3v) is 6.49. The van der Waals surface area contributed by atoms with Crippen LogP contribution < -0.4 is 10.5 Å². The van der Waals surface area contributed by atoms with Crippen LogP contribution in [0, 0.1) is 0 Å². The number of aromatic amines is 1. The van der Waals surface area contributed by atoms with E-state index in [2.05, 4.69) is 4.98 Å². The van der Waals surface area contributed by atoms with E-state index in [9.17, 15) is 14.7 Å². The first-order valence-electron chi connectivity index (χ1n) is 10.8. The Hall–Kier alpha value is -3.52. The number of benzene rings is 2. The lowest BCUT2D eigenvalue weighted by Crippen LogP contribution is -2.53. The SMILES string of the molecule is CCOc1ccc2[nH]c3c(c2c1)C[C@@]1(C)C(=O)N(CCN)C(=O)N1[C@@H]3c1cccc(O)c1. The van der Waals surface area contributed by atoms with Crippen molar-refractivity contribution in [1.82, 2.24) is 14.8 Å². The van der Waals surface area contributed by atoms with E-state index in [1.165, 1.54) is 4.90 Å². The standard InChI is InChI=1S/C24H26N4O4/c1-3-32-16-7-8-19-17(12-16)18-13-24(2)22(30)27(10-9-25)23(31)28(24)21(20(18)26-19)14-5-4-6-15(29)11-14/h4-8,11-12,21,26,29H,3,9-10,13,25H2,1-2H3/t21-,24+/m1/s1. The average Bonchev–Trinajstić information content (AvgIpc) is 3.21. The van der Waals surface area contributed by atoms with E-state index in [4.69, 9.17) is 10.5 Å². The van der Waals surface area contributed by atoms with E-state index in [0.29, 0.717) is 13.0 Å². The van der Waals surface area contributed by atoms with Crippen LogP contribution >= 0.6 is 0 Å². The molecule has 2 aliphatic heterocycles. The maximum Gasteiger partial charge on any atom is 0.328 e. The molecule has 1 saturated heterocycles. The van der Waals surface area contributed by atoms with Gasteiger partial charge < -0.3 is 20.6 Å². The predicted octanol–water partition coefficient (Wildman–Crippen LogP) is 2.90. The van der Waals surface area contributed by atoms with Crippen molar-refractivity contribution in [1.29, 1.82) is 0 Å². The smallest absolute Gasteiger partial charge is 0.328 e. The molecule has 2 aliphatic rings. The summed E-state index contributed by atoms with van der Waals surface area (Å²) in [5.74, 6) is 0.601. The molecule has 1 aromatic heterocycles. The number of fused-ring (bicyclic) bond motifs is 4. The summed E-state index contributed by atoms with van der Waals surface area (Å²) < 4.78 is 5.70. The Bertz CT molecular complexity index is 1240. The van der Waals surface area contributed by atoms with Crippen molar-refractivity contribution < 1.29 is 19.4 Å². The molecule has 3 aromatic rings. The number of nitrogens with zero attached hydrogens (tertiary/aromatic N) is 2. The second-order valence-electron chi connectivity index (χ2n) is 8.50. The van der Waals surface area contributed by atoms with Crippen LogP contribution in [-0.2, 0) is 11.2 Å². The molecular weight excluding hydrogens is 408 g/mol. The number of hydrogen-bond acceptors (Lipinski definition) is 5. The van der Waals surface area contributed by atoms with E-state index in [0.717, 1.165) is 33.5 Å². The quantitative estimate of drug-likeness (QED) is 0.535. The van der Waals surface area contributed by atoms with Gasteiger partial charge in [-0.2, -0.15) is 0 Å². The highest BCUT2D eigenvalue weighted by molar-refractivity contribution is 6.08. The summed E-state index contributed by atoms with van der Waals surface area (Å²) in [5, 5.41) is 11.1. The number of ether oxygens (including phenoxy) is 1. The van der Waals surface area contributed by atoms with Crippen LogP contribution in [0.15, 0.2) is 42.5 Å². The van der Waals surface area contributed by atoms with E-state index < -0.39 is 11.6 Å². The van der Waals surface area contributed by atoms with Crippen LogP contribution in [0.1, 0.15) is 36.7 Å². The zero-order chi connectivity index (χ0) is 22.6. The van der Waals surface area contributed by atoms with Gasteiger partial charge in [-0.3, -0.25) is 14.6 Å². The Morgan fingerprint density at radius 3 is 2.78 bits per heavy atom. The molecule has 5 rings (SSSR count). The van der Waals surface area contributed by atoms with Crippen LogP contribution in [0.25, 0.3) is 10.9 Å². The highest BCUT2D eigenvalue weighted by atomic mass is 16.5. The second kappa shape index (κ2) is 7.27. The zero-order valence-electron chi connectivity index (χ0n) is 18.1. The summed E-state index contributed by atoms with van der Waals surface area (Å²) in [5.41, 5.74) is 8.09. The van der Waals surface area contributed by atoms with Gasteiger partial charge >= 0.3 is 6.03 Å². The van der Waals surface area contributed by atoms with Gasteiger partial charge in [0.2, 0.25) is 0 Å². The molecule has 166 valence electrons. The lowest BCUT2D eigenvalue weighted by atomic mass is 9.81. The molecule has 0 aliphatic carbocycles. The molecule has 2 aromatic carbocycles. The van der Waals surface area contributed by atoms with Crippen LogP contribution in [0.4, 0.5) is 4.79 Å². The van der Waals surface area contributed by atoms with Gasteiger partial charge in [0.05, 0.1) is 6.61 Å². The lowest BCUT2D eigenvalue weighted by molar-refractivity contribution is -0.133. The highest BCUT2D eigenvalue weighted by Crippen LogP contribution is 2.49. The monoisotopic (exact) mass is 434 g/mol. The number of nitrogens with one attached hydrogen (secondary N) is 1. The maximum absolute atomic E-state index is 13.5. The Balaban J connectivity index is 1.76. The lowest BCUT2D eigenvalue weighted by Gasteiger charge is -2.42. The molecule has 0 radical (unpaired) electrons. The number of urea groups is 1. The van der Waals surface area contributed by atoms with Crippen molar-refractivity contribution in [2.24, 2.45) is 5.73 Å². The summed E-state index contributed by atoms with van der Waals surface area (Å²) in [4.78, 5) is 33.3. The van der Waals surface area contributed by atoms with Gasteiger partial charge in [0.15, 0.2) is 0 Å². The molecule has 0 unspecified atom stereocenters. The fourth-order valence-corrected chi connectivity index (χ4v) is 5.12. The predicted molar refractivity (Wildman–Crippen MR) is 120 cm³/mol. The van der Waals surface area contributed by atoms with E-state index in [-0.39, 0.29) is 30.8 Å². The number of hydrogen-bond donors (Lipinski definition) is 3. The van der Waals surface area contributed by atoms with Gasteiger partial charge in [0.1, 0.15) is 23.1 Å². The Kier molecular flexibility index (Phi) is 4.63. The molecule has 0 spiro atoms. The van der Waals surface area contributed by atoms with Crippen molar-refractivity contribution in [2.75, 3.05) is 19.7 Å². The third-order valence-electron chi connectivity index (χ3n) is 6.49. The average molecular weight is 434 g/mol. The zero-order valence-corrected chi connectivity index (χ0v) is 18.1. The first-order valence-corrected chi connectivity index (χ1v) is 10.8. The Morgan fingerprint density at radius 2 is 2.06 bits per heavy atom. The van der Waals surface area contributed by atoms with Gasteiger partial charge in [-0.15, -0.1) is 0 Å². The van der Waals surface area contributed by atoms with Crippen LogP contribution in [0.5, 0.6) is 11.5 Å². The first-order chi connectivity index (χ1) is 15.4. The molecule has 4 N–H and O–H groups in total. The molecule has 2 atom stereocenters. The molecule has 8 heteroatoms. The van der Waals surface area contributed by atoms with Crippen molar-refractivity contribution in [3.05, 3.63) is 59.3 Å². The Morgan fingerprint density at radius 1 is 1.25 bits per heavy atom. The molecular formula is C24H26N4O4. The van der Waals surface area contributed by atoms with Gasteiger partial charge in [-0.05, 0) is 55.3 Å². The summed E-state index contributed by atoms with van der Waals surface area (Å²) in [6, 6.07) is 11.7. The normalized spacial score (nSPS) is 22.4. The number of carbonyl (C=O) groups excluding carboxylic acids is 2. The summed E-state index contributed by atoms with van der Waals surface area (Å²) in [7, 11) is 0. The maximum atomic E-state index is 13.5. The number of aromatic nitrogens is 1. The number of aromatic hydroxyl groups is 1. The van der Waals surface area contributed by atoms with E-state index in [1.807, 2.05) is 38.1 Å². The molecule has 3 heterocycles. The number of phenols is 1. The van der Waals surface area contributed by atoms with Gasteiger partial charge in [-0.1, -0.05) is 12.1 Å². The minimum Gasteiger partial charge on any atom is -0.508 e. The molecule has 0 bridgehead atoms. The van der Waals surface area contributed by atoms with Crippen molar-refractivity contribution in [2.45, 2.75) is 31.8 Å². The van der Waals surface area contributed by atoms with Crippen molar-refractivity contribution >= 4 is 22.8 Å². The molecule has 8 nitrogen and oxygen atoms in total. The summed E-state index contributed by atoms with van der Waals surface area (Å²) >= 11 is 0. The van der Waals surface area contributed by atoms with Crippen molar-refractivity contribution in [3.8, 4) is 11.5 Å². The second-order valence-corrected chi connectivity index (χ2v) is 8.50. The van der Waals surface area contributed by atoms with Gasteiger partial charge in [0.25, 0.3) is 5.91 Å². The van der Waals surface area contributed by atoms with E-state index in [1.54, 1.807) is 23.1 Å². The van der Waals surface area contributed by atoms with Crippen LogP contribution in [0.2, 0.25) is 0 Å². The molecule has 1 fully saturated rings. The van der Waals surface area contributed by atoms with Crippen molar-refractivity contribution in [3.63, 3.8) is 0 Å². The number of H-pyrrole nitrogens is 1. The molecule has 0 saturated carbocycles. The number of nitrogens with two attached hydrogens (primary N) is 1. The summed E-state index contributed by atoms with van der Waals surface area (Å²) in [6.45, 7) is 4.66. The minimum absolute atomic E-state index is 0.0999. The third kappa shape index (κ3) is 2.79. The van der Waals surface area contributed by atoms with Gasteiger partial charge in [-0.25, -0.2) is 4.79 Å². The highest BCUT2D eigenvalue weighted by Gasteiger charge is 2.59. The fourth-order valence-electron chi connectivity index (χ4n) is 5.12. The number of phenolic OH excluding ortho intramolecular Hbond substituents is 1. The van der Waals surface area contributed by atoms with Crippen LogP contribution in [-0.4, -0.2) is 57.1 Å². The fraction of sp³-hybridized carbons (Fsp3) is 0.333. The Labute approximate surface area is 185 Å². The van der Waals surface area contributed by atoms with Gasteiger partial charge in [0, 0.05) is 36.1 Å². The number of carbonyl (C=O) groups is 2. The number of amides is 3. The number of rotatable bonds is 5. The topological polar surface area (TPSA) is 112 Å². The largest absolute Gasteiger partial charge is 0.508 e. The first kappa shape index (κ1) is 20.4. The molecule has 3 amide bonds. The minimum atomic E-state index is -1.06. The van der Waals surface area contributed by atoms with Crippen LogP contribution in [0.3, 0.4) is 0 Å². The molecule has 32 heavy (non-hydrogen) atoms. The summed E-state index contributed by atoms with van der Waals surface area (Å²) in [6.07, 6.45) is 0.374. The van der Waals surface area contributed by atoms with E-state index >= 15 is 0 Å². The number of imide groups is 1.